The Labute approximate surface area is 183 Å². The number of nitrogens with zero attached hydrogens (tertiary/aromatic N) is 3. The number of aromatic nitrogens is 3. The molecule has 0 atom stereocenters. The molecule has 0 bridgehead atoms. The van der Waals surface area contributed by atoms with Gasteiger partial charge in [-0.25, -0.2) is 18.4 Å². The van der Waals surface area contributed by atoms with Gasteiger partial charge in [-0.1, -0.05) is 29.5 Å². The molecule has 0 spiro atoms. The van der Waals surface area contributed by atoms with E-state index in [0.29, 0.717) is 24.5 Å². The van der Waals surface area contributed by atoms with Crippen molar-refractivity contribution < 1.29 is 8.42 Å². The van der Waals surface area contributed by atoms with E-state index in [-0.39, 0.29) is 4.87 Å². The summed E-state index contributed by atoms with van der Waals surface area (Å²) in [4.78, 5) is 23.0. The Balaban J connectivity index is 1.50. The molecule has 0 radical (unpaired) electrons. The van der Waals surface area contributed by atoms with E-state index in [4.69, 9.17) is 0 Å². The van der Waals surface area contributed by atoms with E-state index in [9.17, 15) is 13.2 Å². The first-order valence-electron chi connectivity index (χ1n) is 9.53. The lowest BCUT2D eigenvalue weighted by Crippen LogP contribution is -2.26. The van der Waals surface area contributed by atoms with Crippen LogP contribution in [-0.2, 0) is 22.9 Å². The number of sulfonamides is 1. The first-order valence-corrected chi connectivity index (χ1v) is 12.2. The van der Waals surface area contributed by atoms with Crippen LogP contribution in [0, 0.1) is 0 Å². The van der Waals surface area contributed by atoms with Crippen LogP contribution in [0.2, 0.25) is 0 Å². The van der Waals surface area contributed by atoms with Gasteiger partial charge in [-0.3, -0.25) is 9.10 Å². The van der Waals surface area contributed by atoms with E-state index in [1.165, 1.54) is 21.9 Å². The summed E-state index contributed by atoms with van der Waals surface area (Å²) in [5.41, 5.74) is 3.96. The molecule has 2 aromatic carbocycles. The molecule has 0 aliphatic carbocycles. The number of hydrogen-bond acceptors (Lipinski definition) is 7. The molecule has 10 heteroatoms. The Hall–Kier alpha value is -3.24. The van der Waals surface area contributed by atoms with Crippen molar-refractivity contribution in [2.24, 2.45) is 0 Å². The van der Waals surface area contributed by atoms with Crippen LogP contribution in [0.4, 0.5) is 17.3 Å². The number of hydrogen-bond donors (Lipinski definition) is 2. The molecule has 0 unspecified atom stereocenters. The molecular formula is C21H21N5O3S2. The highest BCUT2D eigenvalue weighted by Gasteiger charge is 2.15. The predicted molar refractivity (Wildman–Crippen MR) is 125 cm³/mol. The summed E-state index contributed by atoms with van der Waals surface area (Å²) in [6, 6.07) is 14.9. The van der Waals surface area contributed by atoms with Gasteiger partial charge < -0.3 is 10.3 Å². The second kappa shape index (κ2) is 8.48. The van der Waals surface area contributed by atoms with Gasteiger partial charge >= 0.3 is 4.87 Å². The van der Waals surface area contributed by atoms with Crippen LogP contribution in [0.3, 0.4) is 0 Å². The maximum atomic E-state index is 11.9. The number of aromatic amines is 1. The van der Waals surface area contributed by atoms with E-state index < -0.39 is 10.0 Å². The van der Waals surface area contributed by atoms with Gasteiger partial charge in [0, 0.05) is 24.6 Å². The van der Waals surface area contributed by atoms with Crippen LogP contribution in [-0.4, -0.2) is 36.7 Å². The summed E-state index contributed by atoms with van der Waals surface area (Å²) in [5.74, 6) is 0.455. The smallest absolute Gasteiger partial charge is 0.305 e. The number of anilines is 3. The van der Waals surface area contributed by atoms with Crippen molar-refractivity contribution in [3.63, 3.8) is 0 Å². The maximum Gasteiger partial charge on any atom is 0.305 e. The SMILES string of the molecule is CN(c1ccccc1CCc1ccnc(Nc2ccc3sc(=O)[nH]c3c2)n1)S(C)(=O)=O. The lowest BCUT2D eigenvalue weighted by molar-refractivity contribution is 0.600. The first kappa shape index (κ1) is 21.0. The molecule has 0 fully saturated rings. The number of rotatable bonds is 7. The van der Waals surface area contributed by atoms with Crippen LogP contribution >= 0.6 is 11.3 Å². The van der Waals surface area contributed by atoms with Crippen molar-refractivity contribution in [2.75, 3.05) is 22.9 Å². The highest BCUT2D eigenvalue weighted by Crippen LogP contribution is 2.24. The molecule has 2 aromatic heterocycles. The molecule has 0 aliphatic heterocycles. The fourth-order valence-corrected chi connectivity index (χ4v) is 4.48. The number of benzene rings is 2. The average molecular weight is 456 g/mol. The van der Waals surface area contributed by atoms with Crippen molar-refractivity contribution in [1.29, 1.82) is 0 Å². The minimum atomic E-state index is -3.34. The number of nitrogens with one attached hydrogen (secondary N) is 2. The van der Waals surface area contributed by atoms with Crippen LogP contribution in [0.25, 0.3) is 10.2 Å². The summed E-state index contributed by atoms with van der Waals surface area (Å²) < 4.78 is 26.1. The van der Waals surface area contributed by atoms with Crippen molar-refractivity contribution >= 4 is 48.9 Å². The largest absolute Gasteiger partial charge is 0.324 e. The quantitative estimate of drug-likeness (QED) is 0.443. The maximum absolute atomic E-state index is 11.9. The Morgan fingerprint density at radius 3 is 2.74 bits per heavy atom. The normalized spacial score (nSPS) is 11.5. The van der Waals surface area contributed by atoms with Crippen molar-refractivity contribution in [2.45, 2.75) is 12.8 Å². The Morgan fingerprint density at radius 1 is 1.13 bits per heavy atom. The standard InChI is InChI=1S/C21H21N5O3S2/c1-26(31(2,28)29)18-6-4-3-5-14(18)7-8-15-11-12-22-20(23-15)24-16-9-10-19-17(13-16)25-21(27)30-19/h3-6,9-13H,7-8H2,1-2H3,(H,25,27)(H,22,23,24). The second-order valence-corrected chi connectivity index (χ2v) is 10.1. The molecule has 0 saturated carbocycles. The number of para-hydroxylation sites is 1. The number of H-pyrrole nitrogens is 1. The monoisotopic (exact) mass is 455 g/mol. The molecule has 2 N–H and O–H groups in total. The highest BCUT2D eigenvalue weighted by atomic mass is 32.2. The molecule has 4 rings (SSSR count). The summed E-state index contributed by atoms with van der Waals surface area (Å²) in [6.07, 6.45) is 4.14. The topological polar surface area (TPSA) is 108 Å². The fraction of sp³-hybridized carbons (Fsp3) is 0.190. The molecule has 0 amide bonds. The van der Waals surface area contributed by atoms with Gasteiger partial charge in [-0.15, -0.1) is 0 Å². The van der Waals surface area contributed by atoms with Gasteiger partial charge in [0.2, 0.25) is 16.0 Å². The molecule has 0 saturated heterocycles. The Morgan fingerprint density at radius 2 is 1.94 bits per heavy atom. The number of fused-ring (bicyclic) bond motifs is 1. The fourth-order valence-electron chi connectivity index (χ4n) is 3.23. The van der Waals surface area contributed by atoms with Crippen LogP contribution < -0.4 is 14.5 Å². The van der Waals surface area contributed by atoms with E-state index >= 15 is 0 Å². The molecule has 160 valence electrons. The summed E-state index contributed by atoms with van der Waals surface area (Å²) >= 11 is 1.17. The van der Waals surface area contributed by atoms with Gasteiger partial charge in [0.25, 0.3) is 0 Å². The molecule has 0 aliphatic rings. The first-order chi connectivity index (χ1) is 14.8. The van der Waals surface area contributed by atoms with Crippen LogP contribution in [0.15, 0.2) is 59.5 Å². The molecule has 8 nitrogen and oxygen atoms in total. The molecule has 2 heterocycles. The van der Waals surface area contributed by atoms with E-state index in [1.54, 1.807) is 19.3 Å². The van der Waals surface area contributed by atoms with Crippen molar-refractivity contribution in [3.05, 3.63) is 75.7 Å². The third kappa shape index (κ3) is 4.92. The van der Waals surface area contributed by atoms with Gasteiger partial charge in [0.05, 0.1) is 22.2 Å². The van der Waals surface area contributed by atoms with Gasteiger partial charge in [-0.05, 0) is 48.7 Å². The summed E-state index contributed by atoms with van der Waals surface area (Å²) in [5, 5.41) is 3.17. The van der Waals surface area contributed by atoms with Gasteiger partial charge in [0.1, 0.15) is 0 Å². The van der Waals surface area contributed by atoms with E-state index in [1.807, 2.05) is 42.5 Å². The van der Waals surface area contributed by atoms with Gasteiger partial charge in [-0.2, -0.15) is 0 Å². The van der Waals surface area contributed by atoms with Crippen LogP contribution in [0.1, 0.15) is 11.3 Å². The summed E-state index contributed by atoms with van der Waals surface area (Å²) in [6.45, 7) is 0. The number of thiazole rings is 1. The van der Waals surface area contributed by atoms with Crippen LogP contribution in [0.5, 0.6) is 0 Å². The lowest BCUT2D eigenvalue weighted by atomic mass is 10.1. The lowest BCUT2D eigenvalue weighted by Gasteiger charge is -2.20. The molecule has 31 heavy (non-hydrogen) atoms. The van der Waals surface area contributed by atoms with Crippen molar-refractivity contribution in [3.8, 4) is 0 Å². The third-order valence-corrected chi connectivity index (χ3v) is 6.92. The third-order valence-electron chi connectivity index (χ3n) is 4.87. The minimum Gasteiger partial charge on any atom is -0.324 e. The summed E-state index contributed by atoms with van der Waals surface area (Å²) in [7, 11) is -1.79. The zero-order valence-corrected chi connectivity index (χ0v) is 18.6. The minimum absolute atomic E-state index is 0.0906. The zero-order chi connectivity index (χ0) is 22.0. The van der Waals surface area contributed by atoms with Gasteiger partial charge in [0.15, 0.2) is 0 Å². The van der Waals surface area contributed by atoms with E-state index in [0.717, 1.165) is 27.2 Å². The zero-order valence-electron chi connectivity index (χ0n) is 17.0. The Bertz CT molecular complexity index is 1400. The number of aryl methyl sites for hydroxylation is 2. The van der Waals surface area contributed by atoms with E-state index in [2.05, 4.69) is 20.3 Å². The molecular weight excluding hydrogens is 434 g/mol. The Kier molecular flexibility index (Phi) is 5.75. The van der Waals surface area contributed by atoms with Crippen molar-refractivity contribution in [1.82, 2.24) is 15.0 Å². The highest BCUT2D eigenvalue weighted by molar-refractivity contribution is 7.92. The predicted octanol–water partition coefficient (Wildman–Crippen LogP) is 3.30. The second-order valence-electron chi connectivity index (χ2n) is 7.08. The average Bonchev–Trinajstić information content (AvgIpc) is 3.11. The molecule has 4 aromatic rings.